The highest BCUT2D eigenvalue weighted by Crippen LogP contribution is 2.36. The fraction of sp³-hybridized carbons (Fsp3) is 0.156. The van der Waals surface area contributed by atoms with E-state index in [0.29, 0.717) is 40.0 Å². The van der Waals surface area contributed by atoms with Gasteiger partial charge in [0.2, 0.25) is 0 Å². The molecule has 9 heteroatoms. The van der Waals surface area contributed by atoms with E-state index >= 15 is 0 Å². The van der Waals surface area contributed by atoms with E-state index in [1.54, 1.807) is 42.5 Å². The SMILES string of the molecule is CCOc1ccccc1NC(=O)COc1ccc(/C=C2\SC(=O)N(Cc3cccc4ccccc34)C2=O)cc1OC. The van der Waals surface area contributed by atoms with Crippen molar-refractivity contribution in [3.05, 3.63) is 101 Å². The van der Waals surface area contributed by atoms with Crippen LogP contribution in [0.5, 0.6) is 17.2 Å². The lowest BCUT2D eigenvalue weighted by Crippen LogP contribution is -2.27. The van der Waals surface area contributed by atoms with Crippen molar-refractivity contribution < 1.29 is 28.6 Å². The summed E-state index contributed by atoms with van der Waals surface area (Å²) in [5.41, 5.74) is 2.11. The minimum Gasteiger partial charge on any atom is -0.493 e. The van der Waals surface area contributed by atoms with Crippen LogP contribution in [0, 0.1) is 0 Å². The van der Waals surface area contributed by atoms with E-state index in [1.165, 1.54) is 12.0 Å². The number of imide groups is 1. The summed E-state index contributed by atoms with van der Waals surface area (Å²) in [7, 11) is 1.49. The maximum atomic E-state index is 13.2. The van der Waals surface area contributed by atoms with E-state index in [1.807, 2.05) is 55.5 Å². The molecule has 3 amide bonds. The summed E-state index contributed by atoms with van der Waals surface area (Å²) in [6.45, 7) is 2.29. The molecule has 1 N–H and O–H groups in total. The Hall–Kier alpha value is -4.76. The average Bonchev–Trinajstić information content (AvgIpc) is 3.24. The Balaban J connectivity index is 1.26. The van der Waals surface area contributed by atoms with E-state index in [4.69, 9.17) is 14.2 Å². The molecule has 1 aliphatic heterocycles. The van der Waals surface area contributed by atoms with Gasteiger partial charge in [-0.05, 0) is 70.9 Å². The molecule has 1 fully saturated rings. The van der Waals surface area contributed by atoms with E-state index in [-0.39, 0.29) is 30.2 Å². The van der Waals surface area contributed by atoms with Crippen molar-refractivity contribution >= 4 is 51.4 Å². The zero-order valence-electron chi connectivity index (χ0n) is 22.6. The van der Waals surface area contributed by atoms with Gasteiger partial charge in [0, 0.05) is 0 Å². The number of ether oxygens (including phenoxy) is 3. The maximum absolute atomic E-state index is 13.2. The third-order valence-electron chi connectivity index (χ3n) is 6.39. The zero-order valence-corrected chi connectivity index (χ0v) is 23.4. The second-order valence-corrected chi connectivity index (χ2v) is 10.1. The number of anilines is 1. The van der Waals surface area contributed by atoms with Crippen molar-refractivity contribution in [1.29, 1.82) is 0 Å². The van der Waals surface area contributed by atoms with Crippen LogP contribution in [0.1, 0.15) is 18.1 Å². The van der Waals surface area contributed by atoms with Gasteiger partial charge in [-0.15, -0.1) is 0 Å². The van der Waals surface area contributed by atoms with Crippen molar-refractivity contribution in [2.75, 3.05) is 25.6 Å². The number of rotatable bonds is 10. The van der Waals surface area contributed by atoms with Crippen molar-refractivity contribution in [3.63, 3.8) is 0 Å². The Morgan fingerprint density at radius 1 is 0.902 bits per heavy atom. The van der Waals surface area contributed by atoms with Crippen LogP contribution in [-0.2, 0) is 16.1 Å². The fourth-order valence-corrected chi connectivity index (χ4v) is 5.30. The molecule has 4 aromatic rings. The molecule has 0 radical (unpaired) electrons. The van der Waals surface area contributed by atoms with E-state index < -0.39 is 0 Å². The largest absolute Gasteiger partial charge is 0.493 e. The molecule has 1 saturated heterocycles. The summed E-state index contributed by atoms with van der Waals surface area (Å²) in [6.07, 6.45) is 1.65. The van der Waals surface area contributed by atoms with Gasteiger partial charge in [0.15, 0.2) is 18.1 Å². The standard InChI is InChI=1S/C32H28N2O6S/c1-3-39-26-14-7-6-13-25(26)33-30(35)20-40-27-16-15-21(17-28(27)38-2)18-29-31(36)34(32(37)41-29)19-23-11-8-10-22-9-4-5-12-24(22)23/h4-18H,3,19-20H2,1-2H3,(H,33,35)/b29-18-. The molecule has 0 bridgehead atoms. The lowest BCUT2D eigenvalue weighted by atomic mass is 10.0. The van der Waals surface area contributed by atoms with Crippen molar-refractivity contribution in [3.8, 4) is 17.2 Å². The molecule has 0 atom stereocenters. The Morgan fingerprint density at radius 3 is 2.51 bits per heavy atom. The fourth-order valence-electron chi connectivity index (χ4n) is 4.46. The number of hydrogen-bond donors (Lipinski definition) is 1. The Morgan fingerprint density at radius 2 is 1.68 bits per heavy atom. The summed E-state index contributed by atoms with van der Waals surface area (Å²) in [5.74, 6) is 0.615. The van der Waals surface area contributed by atoms with Gasteiger partial charge < -0.3 is 19.5 Å². The second-order valence-electron chi connectivity index (χ2n) is 9.08. The normalized spacial score (nSPS) is 14.0. The number of benzene rings is 4. The first-order chi connectivity index (χ1) is 20.0. The molecule has 1 aliphatic rings. The summed E-state index contributed by atoms with van der Waals surface area (Å²) in [6, 6.07) is 26.0. The minimum absolute atomic E-state index is 0.191. The minimum atomic E-state index is -0.358. The van der Waals surface area contributed by atoms with Gasteiger partial charge in [0.1, 0.15) is 5.75 Å². The predicted octanol–water partition coefficient (Wildman–Crippen LogP) is 6.50. The third kappa shape index (κ3) is 6.36. The quantitative estimate of drug-likeness (QED) is 0.218. The van der Waals surface area contributed by atoms with Crippen LogP contribution in [0.3, 0.4) is 0 Å². The number of methoxy groups -OCH3 is 1. The topological polar surface area (TPSA) is 94.2 Å². The van der Waals surface area contributed by atoms with Crippen molar-refractivity contribution in [2.45, 2.75) is 13.5 Å². The number of nitrogens with one attached hydrogen (secondary N) is 1. The number of para-hydroxylation sites is 2. The number of nitrogens with zero attached hydrogens (tertiary/aromatic N) is 1. The van der Waals surface area contributed by atoms with Crippen molar-refractivity contribution in [2.24, 2.45) is 0 Å². The van der Waals surface area contributed by atoms with Crippen molar-refractivity contribution in [1.82, 2.24) is 4.90 Å². The summed E-state index contributed by atoms with van der Waals surface area (Å²) >= 11 is 0.902. The molecule has 208 valence electrons. The highest BCUT2D eigenvalue weighted by atomic mass is 32.2. The number of thioether (sulfide) groups is 1. The number of carbonyl (C=O) groups is 3. The number of hydrogen-bond acceptors (Lipinski definition) is 7. The number of amides is 3. The van der Waals surface area contributed by atoms with E-state index in [0.717, 1.165) is 28.1 Å². The Labute approximate surface area is 241 Å². The van der Waals surface area contributed by atoms with Crippen LogP contribution in [0.2, 0.25) is 0 Å². The molecule has 0 unspecified atom stereocenters. The predicted molar refractivity (Wildman–Crippen MR) is 160 cm³/mol. The van der Waals surface area contributed by atoms with Crippen LogP contribution in [0.4, 0.5) is 10.5 Å². The maximum Gasteiger partial charge on any atom is 0.293 e. The molecule has 4 aromatic carbocycles. The van der Waals surface area contributed by atoms with Gasteiger partial charge in [-0.1, -0.05) is 60.7 Å². The van der Waals surface area contributed by atoms with Crippen LogP contribution >= 0.6 is 11.8 Å². The molecule has 5 rings (SSSR count). The first-order valence-corrected chi connectivity index (χ1v) is 13.8. The number of carbonyl (C=O) groups excluding carboxylic acids is 3. The van der Waals surface area contributed by atoms with Gasteiger partial charge >= 0.3 is 0 Å². The Bertz CT molecular complexity index is 1650. The first kappa shape index (κ1) is 27.8. The van der Waals surface area contributed by atoms with Gasteiger partial charge in [-0.3, -0.25) is 19.3 Å². The van der Waals surface area contributed by atoms with Crippen LogP contribution in [0.15, 0.2) is 89.8 Å². The lowest BCUT2D eigenvalue weighted by Gasteiger charge is -2.14. The zero-order chi connectivity index (χ0) is 28.8. The molecule has 0 aliphatic carbocycles. The van der Waals surface area contributed by atoms with Gasteiger partial charge in [0.25, 0.3) is 17.1 Å². The molecular weight excluding hydrogens is 540 g/mol. The molecular formula is C32H28N2O6S. The highest BCUT2D eigenvalue weighted by Gasteiger charge is 2.35. The van der Waals surface area contributed by atoms with Crippen LogP contribution in [-0.4, -0.2) is 42.3 Å². The van der Waals surface area contributed by atoms with E-state index in [2.05, 4.69) is 5.32 Å². The molecule has 41 heavy (non-hydrogen) atoms. The molecule has 0 aromatic heterocycles. The summed E-state index contributed by atoms with van der Waals surface area (Å²) in [4.78, 5) is 40.1. The average molecular weight is 569 g/mol. The first-order valence-electron chi connectivity index (χ1n) is 13.0. The molecule has 0 spiro atoms. The monoisotopic (exact) mass is 568 g/mol. The van der Waals surface area contributed by atoms with Crippen LogP contribution < -0.4 is 19.5 Å². The van der Waals surface area contributed by atoms with Crippen LogP contribution in [0.25, 0.3) is 16.8 Å². The number of fused-ring (bicyclic) bond motifs is 1. The second kappa shape index (κ2) is 12.6. The third-order valence-corrected chi connectivity index (χ3v) is 7.29. The molecule has 8 nitrogen and oxygen atoms in total. The smallest absolute Gasteiger partial charge is 0.293 e. The highest BCUT2D eigenvalue weighted by molar-refractivity contribution is 8.18. The van der Waals surface area contributed by atoms with E-state index in [9.17, 15) is 14.4 Å². The molecule has 0 saturated carbocycles. The molecule has 1 heterocycles. The van der Waals surface area contributed by atoms with Gasteiger partial charge in [0.05, 0.1) is 30.9 Å². The summed E-state index contributed by atoms with van der Waals surface area (Å²) < 4.78 is 16.7. The summed E-state index contributed by atoms with van der Waals surface area (Å²) in [5, 5.41) is 4.52. The van der Waals surface area contributed by atoms with Gasteiger partial charge in [-0.2, -0.15) is 0 Å². The van der Waals surface area contributed by atoms with Gasteiger partial charge in [-0.25, -0.2) is 0 Å². The lowest BCUT2D eigenvalue weighted by molar-refractivity contribution is -0.123. The Kier molecular flexibility index (Phi) is 8.55.